The van der Waals surface area contributed by atoms with Gasteiger partial charge in [-0.15, -0.1) is 11.8 Å². The summed E-state index contributed by atoms with van der Waals surface area (Å²) in [6, 6.07) is 18.0. The molecule has 0 N–H and O–H groups in total. The lowest BCUT2D eigenvalue weighted by Gasteiger charge is -2.31. The van der Waals surface area contributed by atoms with E-state index in [4.69, 9.17) is 4.52 Å². The Kier molecular flexibility index (Phi) is 6.14. The van der Waals surface area contributed by atoms with Crippen LogP contribution in [0.3, 0.4) is 0 Å². The Bertz CT molecular complexity index is 1160. The minimum Gasteiger partial charge on any atom is -0.351 e. The van der Waals surface area contributed by atoms with E-state index in [1.807, 2.05) is 54.8 Å². The molecule has 6 nitrogen and oxygen atoms in total. The molecule has 1 aromatic heterocycles. The molecule has 2 aliphatic rings. The van der Waals surface area contributed by atoms with Gasteiger partial charge in [-0.1, -0.05) is 47.6 Å². The van der Waals surface area contributed by atoms with Crippen LogP contribution in [0.1, 0.15) is 30.2 Å². The summed E-state index contributed by atoms with van der Waals surface area (Å²) in [5.41, 5.74) is 1.97. The molecule has 2 aromatic carbocycles. The Morgan fingerprint density at radius 2 is 1.84 bits per heavy atom. The predicted octanol–water partition coefficient (Wildman–Crippen LogP) is 5.31. The molecule has 1 amide bonds. The molecule has 162 valence electrons. The van der Waals surface area contributed by atoms with Gasteiger partial charge in [0.25, 0.3) is 5.91 Å². The van der Waals surface area contributed by atoms with E-state index < -0.39 is 0 Å². The number of amidine groups is 1. The molecule has 3 aromatic rings. The number of nitrogens with zero attached hydrogens (tertiary/aromatic N) is 4. The Labute approximate surface area is 195 Å². The van der Waals surface area contributed by atoms with Gasteiger partial charge in [0.2, 0.25) is 11.7 Å². The summed E-state index contributed by atoms with van der Waals surface area (Å²) < 4.78 is 5.56. The van der Waals surface area contributed by atoms with Crippen LogP contribution in [-0.4, -0.2) is 45.5 Å². The molecular formula is C24H22N4O2S2. The molecule has 0 spiro atoms. The number of aliphatic imine (C=N–C) groups is 1. The Morgan fingerprint density at radius 1 is 1.09 bits per heavy atom. The number of carbonyl (C=O) groups excluding carboxylic acids is 1. The molecule has 1 fully saturated rings. The normalized spacial score (nSPS) is 18.4. The number of amides is 1. The summed E-state index contributed by atoms with van der Waals surface area (Å²) in [4.78, 5) is 25.4. The number of benzene rings is 2. The van der Waals surface area contributed by atoms with E-state index in [2.05, 4.69) is 32.2 Å². The van der Waals surface area contributed by atoms with Crippen LogP contribution in [0.5, 0.6) is 0 Å². The fraction of sp³-hybridized carbons (Fsp3) is 0.250. The first-order valence-electron chi connectivity index (χ1n) is 10.5. The van der Waals surface area contributed by atoms with E-state index in [0.717, 1.165) is 42.2 Å². The zero-order chi connectivity index (χ0) is 21.9. The molecule has 0 bridgehead atoms. The summed E-state index contributed by atoms with van der Waals surface area (Å²) >= 11 is 3.16. The van der Waals surface area contributed by atoms with Crippen LogP contribution >= 0.6 is 23.5 Å². The maximum Gasteiger partial charge on any atom is 0.286 e. The first-order valence-corrected chi connectivity index (χ1v) is 12.5. The van der Waals surface area contributed by atoms with Gasteiger partial charge in [-0.05, 0) is 54.6 Å². The molecule has 0 radical (unpaired) electrons. The molecular weight excluding hydrogens is 440 g/mol. The largest absolute Gasteiger partial charge is 0.351 e. The smallest absolute Gasteiger partial charge is 0.286 e. The molecule has 32 heavy (non-hydrogen) atoms. The van der Waals surface area contributed by atoms with E-state index in [1.54, 1.807) is 11.8 Å². The molecule has 2 aliphatic heterocycles. The maximum absolute atomic E-state index is 12.4. The summed E-state index contributed by atoms with van der Waals surface area (Å²) in [5.74, 6) is 1.38. The number of hydrogen-bond donors (Lipinski definition) is 0. The zero-order valence-corrected chi connectivity index (χ0v) is 19.2. The van der Waals surface area contributed by atoms with Crippen molar-refractivity contribution in [3.8, 4) is 11.4 Å². The Morgan fingerprint density at radius 3 is 2.56 bits per heavy atom. The van der Waals surface area contributed by atoms with Crippen molar-refractivity contribution in [3.05, 3.63) is 71.0 Å². The highest BCUT2D eigenvalue weighted by Gasteiger charge is 2.31. The van der Waals surface area contributed by atoms with Crippen molar-refractivity contribution in [2.24, 2.45) is 4.99 Å². The van der Waals surface area contributed by atoms with Crippen molar-refractivity contribution in [2.45, 2.75) is 23.7 Å². The summed E-state index contributed by atoms with van der Waals surface area (Å²) in [6.45, 7) is 1.62. The molecule has 3 heterocycles. The number of piperidine rings is 1. The number of aromatic nitrogens is 2. The van der Waals surface area contributed by atoms with Crippen LogP contribution in [0, 0.1) is 0 Å². The quantitative estimate of drug-likeness (QED) is 0.384. The van der Waals surface area contributed by atoms with Gasteiger partial charge in [-0.3, -0.25) is 4.79 Å². The summed E-state index contributed by atoms with van der Waals surface area (Å²) in [7, 11) is 0. The second kappa shape index (κ2) is 9.34. The van der Waals surface area contributed by atoms with Crippen molar-refractivity contribution in [2.75, 3.05) is 19.3 Å². The van der Waals surface area contributed by atoms with Crippen molar-refractivity contribution < 1.29 is 9.32 Å². The third-order valence-electron chi connectivity index (χ3n) is 5.61. The Balaban J connectivity index is 1.20. The second-order valence-electron chi connectivity index (χ2n) is 7.67. The van der Waals surface area contributed by atoms with E-state index >= 15 is 0 Å². The standard InChI is InChI=1S/C24H22N4O2S2/c1-31-19-9-7-16(8-10-19)15-20-22(29)26-24(32-20)28-13-11-18(12-14-28)23-25-21(27-30-23)17-5-3-2-4-6-17/h2-10,15,18H,11-14H2,1H3/b20-15+. The van der Waals surface area contributed by atoms with Crippen molar-refractivity contribution >= 4 is 40.7 Å². The average Bonchev–Trinajstić information content (AvgIpc) is 3.48. The molecule has 0 aliphatic carbocycles. The molecule has 8 heteroatoms. The first-order chi connectivity index (χ1) is 15.7. The molecule has 0 unspecified atom stereocenters. The second-order valence-corrected chi connectivity index (χ2v) is 9.56. The monoisotopic (exact) mass is 462 g/mol. The number of thioether (sulfide) groups is 2. The third kappa shape index (κ3) is 4.52. The number of carbonyl (C=O) groups is 1. The minimum absolute atomic E-state index is 0.162. The number of rotatable bonds is 4. The van der Waals surface area contributed by atoms with Gasteiger partial charge in [0.1, 0.15) is 0 Å². The van der Waals surface area contributed by atoms with E-state index in [1.165, 1.54) is 16.7 Å². The van der Waals surface area contributed by atoms with Gasteiger partial charge in [0, 0.05) is 29.5 Å². The van der Waals surface area contributed by atoms with Gasteiger partial charge in [0.15, 0.2) is 5.17 Å². The van der Waals surface area contributed by atoms with Gasteiger partial charge in [-0.25, -0.2) is 0 Å². The van der Waals surface area contributed by atoms with Crippen LogP contribution in [0.2, 0.25) is 0 Å². The average molecular weight is 463 g/mol. The highest BCUT2D eigenvalue weighted by Crippen LogP contribution is 2.34. The molecule has 5 rings (SSSR count). The van der Waals surface area contributed by atoms with Crippen LogP contribution < -0.4 is 0 Å². The summed E-state index contributed by atoms with van der Waals surface area (Å²) in [6.07, 6.45) is 5.75. The van der Waals surface area contributed by atoms with Gasteiger partial charge < -0.3 is 9.42 Å². The van der Waals surface area contributed by atoms with E-state index in [9.17, 15) is 4.79 Å². The highest BCUT2D eigenvalue weighted by atomic mass is 32.2. The molecule has 0 saturated carbocycles. The molecule has 1 saturated heterocycles. The number of likely N-dealkylation sites (tertiary alicyclic amines) is 1. The lowest BCUT2D eigenvalue weighted by molar-refractivity contribution is -0.113. The lowest BCUT2D eigenvalue weighted by Crippen LogP contribution is -2.35. The van der Waals surface area contributed by atoms with Crippen LogP contribution in [0.25, 0.3) is 17.5 Å². The van der Waals surface area contributed by atoms with Crippen LogP contribution in [-0.2, 0) is 4.79 Å². The van der Waals surface area contributed by atoms with Crippen LogP contribution in [0.4, 0.5) is 0 Å². The molecule has 0 atom stereocenters. The number of hydrogen-bond acceptors (Lipinski definition) is 7. The third-order valence-corrected chi connectivity index (χ3v) is 7.40. The minimum atomic E-state index is -0.162. The van der Waals surface area contributed by atoms with Crippen molar-refractivity contribution in [1.29, 1.82) is 0 Å². The lowest BCUT2D eigenvalue weighted by atomic mass is 9.97. The first kappa shape index (κ1) is 21.0. The van der Waals surface area contributed by atoms with Gasteiger partial charge >= 0.3 is 0 Å². The highest BCUT2D eigenvalue weighted by molar-refractivity contribution is 8.18. The predicted molar refractivity (Wildman–Crippen MR) is 130 cm³/mol. The fourth-order valence-corrected chi connectivity index (χ4v) is 5.18. The fourth-order valence-electron chi connectivity index (χ4n) is 3.81. The van der Waals surface area contributed by atoms with E-state index in [0.29, 0.717) is 16.6 Å². The zero-order valence-electron chi connectivity index (χ0n) is 17.6. The Hall–Kier alpha value is -2.84. The summed E-state index contributed by atoms with van der Waals surface area (Å²) in [5, 5.41) is 4.94. The maximum atomic E-state index is 12.4. The van der Waals surface area contributed by atoms with Crippen molar-refractivity contribution in [1.82, 2.24) is 15.0 Å². The van der Waals surface area contributed by atoms with Crippen LogP contribution in [0.15, 0.2) is 73.9 Å². The SMILES string of the molecule is CSc1ccc(/C=C2/SC(N3CCC(c4nc(-c5ccccc5)no4)CC3)=NC2=O)cc1. The van der Waals surface area contributed by atoms with E-state index in [-0.39, 0.29) is 11.8 Å². The van der Waals surface area contributed by atoms with Crippen molar-refractivity contribution in [3.63, 3.8) is 0 Å². The van der Waals surface area contributed by atoms with Gasteiger partial charge in [0.05, 0.1) is 4.91 Å². The van der Waals surface area contributed by atoms with Gasteiger partial charge in [-0.2, -0.15) is 9.98 Å². The topological polar surface area (TPSA) is 71.6 Å².